The molecule has 0 fully saturated rings. The Morgan fingerprint density at radius 3 is 2.33 bits per heavy atom. The van der Waals surface area contributed by atoms with E-state index in [1.807, 2.05) is 13.8 Å². The Morgan fingerprint density at radius 2 is 1.83 bits per heavy atom. The van der Waals surface area contributed by atoms with E-state index in [4.69, 9.17) is 0 Å². The average molecular weight is 336 g/mol. The topological polar surface area (TPSA) is 61.2 Å². The van der Waals surface area contributed by atoms with Crippen molar-refractivity contribution < 1.29 is 18.3 Å². The van der Waals surface area contributed by atoms with Crippen molar-refractivity contribution in [3.63, 3.8) is 0 Å². The Morgan fingerprint density at radius 1 is 1.25 bits per heavy atom. The molecule has 0 aliphatic rings. The number of hydrogen-bond acceptors (Lipinski definition) is 4. The molecule has 5 nitrogen and oxygen atoms in total. The Labute approximate surface area is 137 Å². The van der Waals surface area contributed by atoms with Gasteiger partial charge in [-0.1, -0.05) is 13.8 Å². The predicted molar refractivity (Wildman–Crippen MR) is 84.7 cm³/mol. The largest absolute Gasteiger partial charge is 0.468 e. The molecular weight excluding hydrogens is 318 g/mol. The number of rotatable bonds is 4. The number of halogens is 2. The summed E-state index contributed by atoms with van der Waals surface area (Å²) >= 11 is 0. The lowest BCUT2D eigenvalue weighted by molar-refractivity contribution is -0.141. The van der Waals surface area contributed by atoms with Crippen molar-refractivity contribution >= 4 is 5.97 Å². The lowest BCUT2D eigenvalue weighted by Crippen LogP contribution is -2.31. The highest BCUT2D eigenvalue weighted by Gasteiger charge is 2.20. The van der Waals surface area contributed by atoms with E-state index >= 15 is 0 Å². The van der Waals surface area contributed by atoms with E-state index in [1.54, 1.807) is 6.92 Å². The smallest absolute Gasteiger partial charge is 0.327 e. The van der Waals surface area contributed by atoms with Gasteiger partial charge in [0.15, 0.2) is 0 Å². The molecular formula is C17H18F2N2O3. The maximum Gasteiger partial charge on any atom is 0.327 e. The molecule has 0 saturated heterocycles. The Hall–Kier alpha value is -2.57. The molecule has 0 unspecified atom stereocenters. The molecule has 1 heterocycles. The van der Waals surface area contributed by atoms with Gasteiger partial charge < -0.3 is 4.74 Å². The van der Waals surface area contributed by atoms with Gasteiger partial charge in [-0.25, -0.2) is 13.5 Å². The molecule has 24 heavy (non-hydrogen) atoms. The molecule has 0 radical (unpaired) electrons. The van der Waals surface area contributed by atoms with Crippen LogP contribution in [0.1, 0.15) is 31.0 Å². The number of benzene rings is 1. The summed E-state index contributed by atoms with van der Waals surface area (Å²) in [6, 6.07) is 3.08. The van der Waals surface area contributed by atoms with Gasteiger partial charge in [0.1, 0.15) is 18.2 Å². The third kappa shape index (κ3) is 3.50. The highest BCUT2D eigenvalue weighted by molar-refractivity contribution is 5.71. The quantitative estimate of drug-likeness (QED) is 0.806. The summed E-state index contributed by atoms with van der Waals surface area (Å²) in [5.74, 6) is -2.21. The Bertz CT molecular complexity index is 824. The molecule has 2 aromatic rings. The van der Waals surface area contributed by atoms with Crippen LogP contribution in [0.15, 0.2) is 23.0 Å². The van der Waals surface area contributed by atoms with Crippen LogP contribution in [-0.4, -0.2) is 22.9 Å². The minimum Gasteiger partial charge on any atom is -0.468 e. The van der Waals surface area contributed by atoms with Crippen LogP contribution in [-0.2, 0) is 16.1 Å². The van der Waals surface area contributed by atoms with Crippen molar-refractivity contribution in [3.8, 4) is 11.1 Å². The molecule has 0 aliphatic heterocycles. The second kappa shape index (κ2) is 6.90. The van der Waals surface area contributed by atoms with Crippen LogP contribution in [0.2, 0.25) is 0 Å². The Kier molecular flexibility index (Phi) is 5.11. The SMILES string of the molecule is COC(=O)Cn1nc(C(C)C)c(-c2cc(F)cc(F)c2)c(C)c1=O. The van der Waals surface area contributed by atoms with E-state index in [-0.39, 0.29) is 23.6 Å². The van der Waals surface area contributed by atoms with Crippen LogP contribution in [0.5, 0.6) is 0 Å². The number of hydrogen-bond donors (Lipinski definition) is 0. The van der Waals surface area contributed by atoms with Gasteiger partial charge in [-0.2, -0.15) is 5.10 Å². The average Bonchev–Trinajstić information content (AvgIpc) is 2.50. The van der Waals surface area contributed by atoms with E-state index in [1.165, 1.54) is 7.11 Å². The highest BCUT2D eigenvalue weighted by Crippen LogP contribution is 2.30. The van der Waals surface area contributed by atoms with Crippen LogP contribution < -0.4 is 5.56 Å². The summed E-state index contributed by atoms with van der Waals surface area (Å²) in [6.45, 7) is 4.90. The second-order valence-corrected chi connectivity index (χ2v) is 5.74. The molecule has 0 spiro atoms. The number of nitrogens with zero attached hydrogens (tertiary/aromatic N) is 2. The fourth-order valence-electron chi connectivity index (χ4n) is 2.48. The number of aromatic nitrogens is 2. The predicted octanol–water partition coefficient (Wildman–Crippen LogP) is 2.79. The van der Waals surface area contributed by atoms with Crippen molar-refractivity contribution in [2.75, 3.05) is 7.11 Å². The zero-order valence-corrected chi connectivity index (χ0v) is 13.9. The zero-order chi connectivity index (χ0) is 18.0. The van der Waals surface area contributed by atoms with Gasteiger partial charge in [0, 0.05) is 17.2 Å². The molecule has 0 aliphatic carbocycles. The van der Waals surface area contributed by atoms with Gasteiger partial charge in [0.2, 0.25) is 0 Å². The molecule has 0 bridgehead atoms. The number of carbonyl (C=O) groups excluding carboxylic acids is 1. The summed E-state index contributed by atoms with van der Waals surface area (Å²) in [5.41, 5.74) is 0.853. The fraction of sp³-hybridized carbons (Fsp3) is 0.353. The first-order valence-electron chi connectivity index (χ1n) is 7.39. The lowest BCUT2D eigenvalue weighted by atomic mass is 9.94. The van der Waals surface area contributed by atoms with Gasteiger partial charge in [-0.15, -0.1) is 0 Å². The first-order valence-corrected chi connectivity index (χ1v) is 7.39. The first-order chi connectivity index (χ1) is 11.2. The summed E-state index contributed by atoms with van der Waals surface area (Å²) < 4.78 is 32.7. The molecule has 1 aromatic heterocycles. The normalized spacial score (nSPS) is 11.0. The van der Waals surface area contributed by atoms with Crippen LogP contribution in [0.3, 0.4) is 0 Å². The maximum atomic E-state index is 13.6. The van der Waals surface area contributed by atoms with Gasteiger partial charge >= 0.3 is 5.97 Å². The van der Waals surface area contributed by atoms with Crippen LogP contribution in [0, 0.1) is 18.6 Å². The highest BCUT2D eigenvalue weighted by atomic mass is 19.1. The molecule has 0 atom stereocenters. The van der Waals surface area contributed by atoms with Crippen molar-refractivity contribution in [1.29, 1.82) is 0 Å². The molecule has 7 heteroatoms. The third-order valence-corrected chi connectivity index (χ3v) is 3.62. The number of methoxy groups -OCH3 is 1. The fourth-order valence-corrected chi connectivity index (χ4v) is 2.48. The summed E-state index contributed by atoms with van der Waals surface area (Å²) in [7, 11) is 1.22. The van der Waals surface area contributed by atoms with Crippen molar-refractivity contribution in [2.45, 2.75) is 33.2 Å². The number of ether oxygens (including phenoxy) is 1. The van der Waals surface area contributed by atoms with Gasteiger partial charge in [-0.05, 0) is 30.5 Å². The summed E-state index contributed by atoms with van der Waals surface area (Å²) in [6.07, 6.45) is 0. The van der Waals surface area contributed by atoms with Crippen molar-refractivity contribution in [2.24, 2.45) is 0 Å². The van der Waals surface area contributed by atoms with Crippen LogP contribution >= 0.6 is 0 Å². The second-order valence-electron chi connectivity index (χ2n) is 5.74. The van der Waals surface area contributed by atoms with Crippen LogP contribution in [0.25, 0.3) is 11.1 Å². The molecule has 0 N–H and O–H groups in total. The van der Waals surface area contributed by atoms with E-state index in [0.717, 1.165) is 22.9 Å². The lowest BCUT2D eigenvalue weighted by Gasteiger charge is -2.17. The zero-order valence-electron chi connectivity index (χ0n) is 13.9. The molecule has 128 valence electrons. The third-order valence-electron chi connectivity index (χ3n) is 3.62. The van der Waals surface area contributed by atoms with E-state index in [2.05, 4.69) is 9.84 Å². The molecule has 0 amide bonds. The van der Waals surface area contributed by atoms with Gasteiger partial charge in [-0.3, -0.25) is 9.59 Å². The number of carbonyl (C=O) groups is 1. The van der Waals surface area contributed by atoms with Gasteiger partial charge in [0.25, 0.3) is 5.56 Å². The monoisotopic (exact) mass is 336 g/mol. The summed E-state index contributed by atoms with van der Waals surface area (Å²) in [5, 5.41) is 4.21. The van der Waals surface area contributed by atoms with Crippen molar-refractivity contribution in [1.82, 2.24) is 9.78 Å². The number of esters is 1. The molecule has 0 saturated carbocycles. The van der Waals surface area contributed by atoms with Gasteiger partial charge in [0.05, 0.1) is 12.8 Å². The first kappa shape index (κ1) is 17.8. The van der Waals surface area contributed by atoms with E-state index in [9.17, 15) is 18.4 Å². The van der Waals surface area contributed by atoms with E-state index < -0.39 is 23.2 Å². The van der Waals surface area contributed by atoms with Crippen molar-refractivity contribution in [3.05, 3.63) is 51.4 Å². The maximum absolute atomic E-state index is 13.6. The standard InChI is InChI=1S/C17H18F2N2O3/c1-9(2)16-15(11-5-12(18)7-13(19)6-11)10(3)17(23)21(20-16)8-14(22)24-4/h5-7,9H,8H2,1-4H3. The minimum absolute atomic E-state index is 0.130. The molecule has 1 aromatic carbocycles. The Balaban J connectivity index is 2.74. The molecule has 2 rings (SSSR count). The minimum atomic E-state index is -0.738. The van der Waals surface area contributed by atoms with E-state index in [0.29, 0.717) is 11.3 Å². The van der Waals surface area contributed by atoms with Crippen LogP contribution in [0.4, 0.5) is 8.78 Å². The summed E-state index contributed by atoms with van der Waals surface area (Å²) in [4.78, 5) is 23.9.